The first kappa shape index (κ1) is 13.7. The van der Waals surface area contributed by atoms with Crippen LogP contribution in [0.15, 0.2) is 12.2 Å². The molecule has 2 heteroatoms. The summed E-state index contributed by atoms with van der Waals surface area (Å²) in [4.78, 5) is 0. The number of hydrogen-bond acceptors (Lipinski definition) is 2. The summed E-state index contributed by atoms with van der Waals surface area (Å²) in [5.74, 6) is 0. The third-order valence-corrected chi connectivity index (χ3v) is 1.92. The minimum Gasteiger partial charge on any atom is -0.374 e. The van der Waals surface area contributed by atoms with E-state index in [4.69, 9.17) is 4.74 Å². The summed E-state index contributed by atoms with van der Waals surface area (Å²) < 4.78 is 5.73. The lowest BCUT2D eigenvalue weighted by Crippen LogP contribution is -2.37. The Morgan fingerprint density at radius 2 is 2.00 bits per heavy atom. The highest BCUT2D eigenvalue weighted by atomic mass is 16.5. The molecule has 0 heterocycles. The molecule has 1 atom stereocenters. The fourth-order valence-corrected chi connectivity index (χ4v) is 1.03. The van der Waals surface area contributed by atoms with Crippen molar-refractivity contribution in [2.45, 2.75) is 52.7 Å². The van der Waals surface area contributed by atoms with Crippen molar-refractivity contribution >= 4 is 0 Å². The molecule has 0 aromatic carbocycles. The van der Waals surface area contributed by atoms with Crippen molar-refractivity contribution in [1.29, 1.82) is 0 Å². The molecule has 0 rings (SSSR count). The van der Waals surface area contributed by atoms with Crippen LogP contribution in [0.2, 0.25) is 0 Å². The Labute approximate surface area is 88.7 Å². The molecule has 0 fully saturated rings. The van der Waals surface area contributed by atoms with Gasteiger partial charge in [-0.3, -0.25) is 0 Å². The molecule has 0 aromatic heterocycles. The molecule has 84 valence electrons. The molecule has 0 aliphatic carbocycles. The van der Waals surface area contributed by atoms with E-state index >= 15 is 0 Å². The normalized spacial score (nSPS) is 14.1. The van der Waals surface area contributed by atoms with Crippen LogP contribution in [0.4, 0.5) is 0 Å². The minimum absolute atomic E-state index is 0.0679. The highest BCUT2D eigenvalue weighted by Gasteiger charge is 2.15. The zero-order valence-corrected chi connectivity index (χ0v) is 10.3. The topological polar surface area (TPSA) is 21.3 Å². The van der Waals surface area contributed by atoms with E-state index in [1.165, 1.54) is 0 Å². The van der Waals surface area contributed by atoms with Crippen LogP contribution in [0.5, 0.6) is 0 Å². The minimum atomic E-state index is -0.0679. The zero-order valence-electron chi connectivity index (χ0n) is 10.3. The second kappa shape index (κ2) is 6.20. The van der Waals surface area contributed by atoms with Crippen molar-refractivity contribution in [3.63, 3.8) is 0 Å². The molecule has 2 nitrogen and oxygen atoms in total. The van der Waals surface area contributed by atoms with E-state index < -0.39 is 0 Å². The number of ether oxygens (including phenoxy) is 1. The van der Waals surface area contributed by atoms with Gasteiger partial charge in [0.05, 0.1) is 18.2 Å². The van der Waals surface area contributed by atoms with E-state index in [-0.39, 0.29) is 11.6 Å². The molecular formula is C12H25NO. The molecule has 0 aliphatic rings. The van der Waals surface area contributed by atoms with Crippen LogP contribution in [0.3, 0.4) is 0 Å². The number of hydrogen-bond donors (Lipinski definition) is 1. The largest absolute Gasteiger partial charge is 0.374 e. The SMILES string of the molecule is C=C(C)C(COC(C)(C)C)NCCC. The second-order valence-corrected chi connectivity index (χ2v) is 4.78. The maximum Gasteiger partial charge on any atom is 0.0665 e. The standard InChI is InChI=1S/C12H25NO/c1-7-8-13-11(10(2)3)9-14-12(4,5)6/h11,13H,2,7-9H2,1,3-6H3. The molecular weight excluding hydrogens is 174 g/mol. The van der Waals surface area contributed by atoms with Gasteiger partial charge in [-0.15, -0.1) is 0 Å². The lowest BCUT2D eigenvalue weighted by atomic mass is 10.1. The van der Waals surface area contributed by atoms with E-state index in [0.717, 1.165) is 18.5 Å². The maximum absolute atomic E-state index is 5.73. The Morgan fingerprint density at radius 1 is 1.43 bits per heavy atom. The Morgan fingerprint density at radius 3 is 2.36 bits per heavy atom. The summed E-state index contributed by atoms with van der Waals surface area (Å²) in [5.41, 5.74) is 1.07. The van der Waals surface area contributed by atoms with Crippen molar-refractivity contribution in [3.05, 3.63) is 12.2 Å². The number of rotatable bonds is 6. The first-order valence-corrected chi connectivity index (χ1v) is 5.39. The Kier molecular flexibility index (Phi) is 6.05. The molecule has 1 unspecified atom stereocenters. The van der Waals surface area contributed by atoms with Crippen molar-refractivity contribution in [3.8, 4) is 0 Å². The van der Waals surface area contributed by atoms with Gasteiger partial charge in [0.15, 0.2) is 0 Å². The van der Waals surface area contributed by atoms with E-state index in [2.05, 4.69) is 39.6 Å². The molecule has 14 heavy (non-hydrogen) atoms. The van der Waals surface area contributed by atoms with Gasteiger partial charge in [0, 0.05) is 0 Å². The fraction of sp³-hybridized carbons (Fsp3) is 0.833. The molecule has 1 N–H and O–H groups in total. The van der Waals surface area contributed by atoms with Crippen LogP contribution in [-0.2, 0) is 4.74 Å². The maximum atomic E-state index is 5.73. The van der Waals surface area contributed by atoms with E-state index in [0.29, 0.717) is 6.61 Å². The average Bonchev–Trinajstić information content (AvgIpc) is 2.01. The lowest BCUT2D eigenvalue weighted by Gasteiger charge is -2.25. The van der Waals surface area contributed by atoms with Gasteiger partial charge in [-0.25, -0.2) is 0 Å². The Bertz CT molecular complexity index is 170. The predicted octanol–water partition coefficient (Wildman–Crippen LogP) is 2.75. The molecule has 0 amide bonds. The van der Waals surface area contributed by atoms with Crippen LogP contribution in [0.25, 0.3) is 0 Å². The van der Waals surface area contributed by atoms with Gasteiger partial charge >= 0.3 is 0 Å². The number of nitrogens with one attached hydrogen (secondary N) is 1. The fourth-order valence-electron chi connectivity index (χ4n) is 1.03. The Hall–Kier alpha value is -0.340. The monoisotopic (exact) mass is 199 g/mol. The van der Waals surface area contributed by atoms with Crippen LogP contribution < -0.4 is 5.32 Å². The summed E-state index contributed by atoms with van der Waals surface area (Å²) in [6.45, 7) is 16.1. The molecule has 0 saturated carbocycles. The van der Waals surface area contributed by atoms with Crippen LogP contribution in [0, 0.1) is 0 Å². The molecule has 0 aromatic rings. The summed E-state index contributed by atoms with van der Waals surface area (Å²) in [6.07, 6.45) is 1.14. The molecule has 0 spiro atoms. The smallest absolute Gasteiger partial charge is 0.0665 e. The molecule has 0 saturated heterocycles. The first-order chi connectivity index (χ1) is 6.37. The molecule has 0 aliphatic heterocycles. The van der Waals surface area contributed by atoms with Crippen LogP contribution in [0.1, 0.15) is 41.0 Å². The van der Waals surface area contributed by atoms with Gasteiger partial charge in [-0.1, -0.05) is 19.1 Å². The molecule has 0 bridgehead atoms. The van der Waals surface area contributed by atoms with Crippen LogP contribution >= 0.6 is 0 Å². The third kappa shape index (κ3) is 7.10. The first-order valence-electron chi connectivity index (χ1n) is 5.39. The van der Waals surface area contributed by atoms with Gasteiger partial charge in [0.2, 0.25) is 0 Å². The van der Waals surface area contributed by atoms with E-state index in [9.17, 15) is 0 Å². The summed E-state index contributed by atoms with van der Waals surface area (Å²) >= 11 is 0. The van der Waals surface area contributed by atoms with Crippen molar-refractivity contribution in [2.24, 2.45) is 0 Å². The van der Waals surface area contributed by atoms with E-state index in [1.54, 1.807) is 0 Å². The Balaban J connectivity index is 3.91. The summed E-state index contributed by atoms with van der Waals surface area (Å²) in [5, 5.41) is 3.42. The van der Waals surface area contributed by atoms with E-state index in [1.807, 2.05) is 6.92 Å². The summed E-state index contributed by atoms with van der Waals surface area (Å²) in [7, 11) is 0. The zero-order chi connectivity index (χ0) is 11.2. The molecule has 0 radical (unpaired) electrons. The van der Waals surface area contributed by atoms with Gasteiger partial charge in [0.1, 0.15) is 0 Å². The third-order valence-electron chi connectivity index (χ3n) is 1.92. The summed E-state index contributed by atoms with van der Waals surface area (Å²) in [6, 6.07) is 0.286. The lowest BCUT2D eigenvalue weighted by molar-refractivity contribution is -0.0100. The highest BCUT2D eigenvalue weighted by Crippen LogP contribution is 2.09. The highest BCUT2D eigenvalue weighted by molar-refractivity contribution is 5.01. The second-order valence-electron chi connectivity index (χ2n) is 4.78. The quantitative estimate of drug-likeness (QED) is 0.664. The van der Waals surface area contributed by atoms with Gasteiger partial charge in [0.25, 0.3) is 0 Å². The van der Waals surface area contributed by atoms with Gasteiger partial charge < -0.3 is 10.1 Å². The van der Waals surface area contributed by atoms with Crippen molar-refractivity contribution < 1.29 is 4.74 Å². The van der Waals surface area contributed by atoms with Crippen molar-refractivity contribution in [2.75, 3.05) is 13.2 Å². The van der Waals surface area contributed by atoms with Gasteiger partial charge in [-0.2, -0.15) is 0 Å². The van der Waals surface area contributed by atoms with Gasteiger partial charge in [-0.05, 0) is 40.7 Å². The predicted molar refractivity (Wildman–Crippen MR) is 62.6 cm³/mol. The van der Waals surface area contributed by atoms with Crippen LogP contribution in [-0.4, -0.2) is 24.8 Å². The van der Waals surface area contributed by atoms with Crippen molar-refractivity contribution in [1.82, 2.24) is 5.32 Å². The average molecular weight is 199 g/mol.